The van der Waals surface area contributed by atoms with E-state index in [9.17, 15) is 22.7 Å². The first kappa shape index (κ1) is 20.9. The molecule has 1 atom stereocenters. The van der Waals surface area contributed by atoms with Gasteiger partial charge in [0.2, 0.25) is 10.0 Å². The number of phenolic OH excluding ortho intramolecular Hbond substituents is 1. The highest BCUT2D eigenvalue weighted by Crippen LogP contribution is 2.17. The van der Waals surface area contributed by atoms with E-state index in [1.807, 2.05) is 0 Å². The van der Waals surface area contributed by atoms with Gasteiger partial charge < -0.3 is 9.84 Å². The lowest BCUT2D eigenvalue weighted by Gasteiger charge is -2.24. The molecule has 0 heterocycles. The zero-order valence-electron chi connectivity index (χ0n) is 15.3. The maximum absolute atomic E-state index is 13.1. The van der Waals surface area contributed by atoms with E-state index in [4.69, 9.17) is 4.74 Å². The van der Waals surface area contributed by atoms with E-state index < -0.39 is 33.5 Å². The van der Waals surface area contributed by atoms with Crippen molar-refractivity contribution in [1.82, 2.24) is 4.72 Å². The van der Waals surface area contributed by atoms with Crippen molar-refractivity contribution in [1.29, 1.82) is 0 Å². The smallest absolute Gasteiger partial charge is 0.325 e. The fraction of sp³-hybridized carbons (Fsp3) is 0.316. The molecule has 2 aromatic rings. The van der Waals surface area contributed by atoms with E-state index in [1.165, 1.54) is 12.1 Å². The van der Waals surface area contributed by atoms with Crippen molar-refractivity contribution < 1.29 is 27.4 Å². The zero-order chi connectivity index (χ0) is 20.2. The van der Waals surface area contributed by atoms with Crippen LogP contribution in [0.5, 0.6) is 5.75 Å². The Kier molecular flexibility index (Phi) is 6.22. The molecule has 0 spiro atoms. The van der Waals surface area contributed by atoms with Crippen molar-refractivity contribution in [3.8, 4) is 5.75 Å². The van der Waals surface area contributed by atoms with Gasteiger partial charge in [0, 0.05) is 0 Å². The average molecular weight is 395 g/mol. The predicted octanol–water partition coefficient (Wildman–Crippen LogP) is 2.76. The maximum Gasteiger partial charge on any atom is 0.325 e. The molecule has 0 saturated heterocycles. The standard InChI is InChI=1S/C19H22FNO5S/c1-19(2,3)26-18(23)17(12-13-4-8-15(22)9-5-13)21-27(24,25)16-10-6-14(20)7-11-16/h4-11,17,21-22H,12H2,1-3H3/t17-/m0/s1. The summed E-state index contributed by atoms with van der Waals surface area (Å²) in [5.74, 6) is -1.25. The highest BCUT2D eigenvalue weighted by atomic mass is 32.2. The largest absolute Gasteiger partial charge is 0.508 e. The molecular weight excluding hydrogens is 373 g/mol. The summed E-state index contributed by atoms with van der Waals surface area (Å²) in [6, 6.07) is 9.13. The van der Waals surface area contributed by atoms with Crippen LogP contribution in [0.1, 0.15) is 26.3 Å². The van der Waals surface area contributed by atoms with Gasteiger partial charge in [0.15, 0.2) is 0 Å². The van der Waals surface area contributed by atoms with Crippen LogP contribution in [0.15, 0.2) is 53.4 Å². The number of sulfonamides is 1. The number of rotatable bonds is 6. The minimum Gasteiger partial charge on any atom is -0.508 e. The number of aromatic hydroxyl groups is 1. The lowest BCUT2D eigenvalue weighted by Crippen LogP contribution is -2.45. The second-order valence-corrected chi connectivity index (χ2v) is 8.75. The molecule has 2 N–H and O–H groups in total. The molecule has 2 rings (SSSR count). The number of nitrogens with one attached hydrogen (secondary N) is 1. The Labute approximate surface area is 158 Å². The highest BCUT2D eigenvalue weighted by Gasteiger charge is 2.30. The molecule has 2 aromatic carbocycles. The molecule has 6 nitrogen and oxygen atoms in total. The van der Waals surface area contributed by atoms with Gasteiger partial charge in [-0.3, -0.25) is 4.79 Å². The molecule has 0 unspecified atom stereocenters. The van der Waals surface area contributed by atoms with Gasteiger partial charge in [0.05, 0.1) is 4.90 Å². The van der Waals surface area contributed by atoms with Crippen LogP contribution in [0, 0.1) is 5.82 Å². The monoisotopic (exact) mass is 395 g/mol. The fourth-order valence-electron chi connectivity index (χ4n) is 2.28. The zero-order valence-corrected chi connectivity index (χ0v) is 16.1. The van der Waals surface area contributed by atoms with Gasteiger partial charge in [-0.1, -0.05) is 12.1 Å². The van der Waals surface area contributed by atoms with Gasteiger partial charge in [0.25, 0.3) is 0 Å². The number of carbonyl (C=O) groups excluding carboxylic acids is 1. The van der Waals surface area contributed by atoms with E-state index in [-0.39, 0.29) is 17.1 Å². The number of ether oxygens (including phenoxy) is 1. The Bertz CT molecular complexity index is 887. The minimum absolute atomic E-state index is 0.0234. The quantitative estimate of drug-likeness (QED) is 0.734. The van der Waals surface area contributed by atoms with Crippen molar-refractivity contribution in [2.45, 2.75) is 43.7 Å². The topological polar surface area (TPSA) is 92.7 Å². The second-order valence-electron chi connectivity index (χ2n) is 7.03. The van der Waals surface area contributed by atoms with Crippen molar-refractivity contribution in [3.05, 3.63) is 59.9 Å². The SMILES string of the molecule is CC(C)(C)OC(=O)[C@H](Cc1ccc(O)cc1)NS(=O)(=O)c1ccc(F)cc1. The number of benzene rings is 2. The predicted molar refractivity (Wildman–Crippen MR) is 98.2 cm³/mol. The van der Waals surface area contributed by atoms with E-state index in [2.05, 4.69) is 4.72 Å². The molecule has 0 amide bonds. The number of phenols is 1. The third-order valence-electron chi connectivity index (χ3n) is 3.49. The van der Waals surface area contributed by atoms with Crippen LogP contribution in [0.2, 0.25) is 0 Å². The second kappa shape index (κ2) is 8.06. The van der Waals surface area contributed by atoms with Gasteiger partial charge in [0.1, 0.15) is 23.2 Å². The average Bonchev–Trinajstić information content (AvgIpc) is 2.55. The first-order chi connectivity index (χ1) is 12.5. The molecule has 27 heavy (non-hydrogen) atoms. The van der Waals surface area contributed by atoms with Gasteiger partial charge in [-0.05, 0) is 69.2 Å². The first-order valence-electron chi connectivity index (χ1n) is 8.25. The molecule has 0 saturated carbocycles. The Morgan fingerprint density at radius 2 is 1.67 bits per heavy atom. The molecule has 0 bridgehead atoms. The Hall–Kier alpha value is -2.45. The van der Waals surface area contributed by atoms with Crippen LogP contribution in [-0.2, 0) is 26.0 Å². The summed E-state index contributed by atoms with van der Waals surface area (Å²) in [4.78, 5) is 12.4. The normalized spacial score (nSPS) is 13.2. The van der Waals surface area contributed by atoms with Crippen LogP contribution in [0.4, 0.5) is 4.39 Å². The first-order valence-corrected chi connectivity index (χ1v) is 9.73. The lowest BCUT2D eigenvalue weighted by molar-refractivity contribution is -0.156. The fourth-order valence-corrected chi connectivity index (χ4v) is 3.47. The molecule has 0 aliphatic heterocycles. The van der Waals surface area contributed by atoms with Gasteiger partial charge in [-0.2, -0.15) is 4.72 Å². The van der Waals surface area contributed by atoms with E-state index in [1.54, 1.807) is 32.9 Å². The van der Waals surface area contributed by atoms with Crippen molar-refractivity contribution >= 4 is 16.0 Å². The van der Waals surface area contributed by atoms with Crippen molar-refractivity contribution in [3.63, 3.8) is 0 Å². The number of esters is 1. The summed E-state index contributed by atoms with van der Waals surface area (Å²) in [5, 5.41) is 9.38. The molecule has 146 valence electrons. The molecule has 0 aromatic heterocycles. The summed E-state index contributed by atoms with van der Waals surface area (Å²) < 4.78 is 45.9. The van der Waals surface area contributed by atoms with Gasteiger partial charge in [-0.25, -0.2) is 12.8 Å². The number of carbonyl (C=O) groups is 1. The van der Waals surface area contributed by atoms with Crippen LogP contribution < -0.4 is 4.72 Å². The molecule has 8 heteroatoms. The number of hydrogen-bond donors (Lipinski definition) is 2. The lowest BCUT2D eigenvalue weighted by atomic mass is 10.1. The van der Waals surface area contributed by atoms with Crippen molar-refractivity contribution in [2.75, 3.05) is 0 Å². The molecular formula is C19H22FNO5S. The highest BCUT2D eigenvalue weighted by molar-refractivity contribution is 7.89. The van der Waals surface area contributed by atoms with Crippen LogP contribution in [0.3, 0.4) is 0 Å². The molecule has 0 aliphatic rings. The molecule has 0 aliphatic carbocycles. The van der Waals surface area contributed by atoms with Crippen LogP contribution in [0.25, 0.3) is 0 Å². The Morgan fingerprint density at radius 3 is 2.19 bits per heavy atom. The van der Waals surface area contributed by atoms with Gasteiger partial charge in [-0.15, -0.1) is 0 Å². The van der Waals surface area contributed by atoms with E-state index >= 15 is 0 Å². The number of halogens is 1. The summed E-state index contributed by atoms with van der Waals surface area (Å²) in [5.41, 5.74) is -0.170. The molecule has 0 fully saturated rings. The Morgan fingerprint density at radius 1 is 1.11 bits per heavy atom. The van der Waals surface area contributed by atoms with Crippen molar-refractivity contribution in [2.24, 2.45) is 0 Å². The third-order valence-corrected chi connectivity index (χ3v) is 4.98. The number of hydrogen-bond acceptors (Lipinski definition) is 5. The van der Waals surface area contributed by atoms with Crippen LogP contribution in [-0.4, -0.2) is 31.1 Å². The summed E-state index contributed by atoms with van der Waals surface area (Å²) in [7, 11) is -4.07. The third kappa shape index (κ3) is 6.33. The minimum atomic E-state index is -4.07. The van der Waals surface area contributed by atoms with E-state index in [0.717, 1.165) is 24.3 Å². The maximum atomic E-state index is 13.1. The molecule has 0 radical (unpaired) electrons. The summed E-state index contributed by atoms with van der Waals surface area (Å²) in [6.07, 6.45) is 0.0234. The van der Waals surface area contributed by atoms with Crippen LogP contribution >= 0.6 is 0 Å². The van der Waals surface area contributed by atoms with Gasteiger partial charge >= 0.3 is 5.97 Å². The Balaban J connectivity index is 2.29. The summed E-state index contributed by atoms with van der Waals surface area (Å²) >= 11 is 0. The van der Waals surface area contributed by atoms with E-state index in [0.29, 0.717) is 5.56 Å². The summed E-state index contributed by atoms with van der Waals surface area (Å²) in [6.45, 7) is 5.03.